The fraction of sp³-hybridized carbons (Fsp3) is 0.487. The minimum Gasteiger partial charge on any atom is -0.498 e. The summed E-state index contributed by atoms with van der Waals surface area (Å²) in [5, 5.41) is 0. The van der Waals surface area contributed by atoms with E-state index in [0.717, 1.165) is 55.0 Å². The zero-order chi connectivity index (χ0) is 30.9. The van der Waals surface area contributed by atoms with E-state index in [-0.39, 0.29) is 0 Å². The van der Waals surface area contributed by atoms with Gasteiger partial charge in [-0.15, -0.1) is 22.7 Å². The van der Waals surface area contributed by atoms with Gasteiger partial charge in [0.2, 0.25) is 0 Å². The van der Waals surface area contributed by atoms with Crippen LogP contribution in [0.2, 0.25) is 0 Å². The lowest BCUT2D eigenvalue weighted by molar-refractivity contribution is 0.207. The number of unbranched alkanes of at least 4 members (excludes halogenated alkanes) is 6. The molecule has 0 bridgehead atoms. The minimum atomic E-state index is 0.791. The summed E-state index contributed by atoms with van der Waals surface area (Å²) in [5.41, 5.74) is 2.35. The second kappa shape index (κ2) is 19.7. The van der Waals surface area contributed by atoms with E-state index >= 15 is 0 Å². The fourth-order valence-corrected chi connectivity index (χ4v) is 7.04. The predicted octanol–water partition coefficient (Wildman–Crippen LogP) is 13.2. The molecule has 0 fully saturated rings. The number of hydrogen-bond acceptors (Lipinski definition) is 4. The highest BCUT2D eigenvalue weighted by Crippen LogP contribution is 2.39. The summed E-state index contributed by atoms with van der Waals surface area (Å²) in [4.78, 5) is 5.06. The van der Waals surface area contributed by atoms with Crippen LogP contribution in [0.4, 0.5) is 0 Å². The lowest BCUT2D eigenvalue weighted by atomic mass is 10.0. The molecule has 234 valence electrons. The van der Waals surface area contributed by atoms with E-state index < -0.39 is 0 Å². The van der Waals surface area contributed by atoms with E-state index in [9.17, 15) is 0 Å². The molecule has 0 saturated carbocycles. The van der Waals surface area contributed by atoms with E-state index in [2.05, 4.69) is 95.0 Å². The maximum atomic E-state index is 5.99. The first-order chi connectivity index (χ1) is 20.9. The fourth-order valence-electron chi connectivity index (χ4n) is 4.91. The summed E-state index contributed by atoms with van der Waals surface area (Å²) in [5.74, 6) is 3.53. The number of allylic oxidation sites excluding steroid dienone is 5. The van der Waals surface area contributed by atoms with Crippen LogP contribution in [0.15, 0.2) is 79.1 Å². The molecule has 0 N–H and O–H groups in total. The zero-order valence-corrected chi connectivity index (χ0v) is 29.0. The van der Waals surface area contributed by atoms with Crippen molar-refractivity contribution in [3.05, 3.63) is 84.0 Å². The molecule has 0 amide bonds. The van der Waals surface area contributed by atoms with E-state index in [1.807, 2.05) is 35.7 Å². The van der Waals surface area contributed by atoms with Crippen LogP contribution < -0.4 is 4.74 Å². The van der Waals surface area contributed by atoms with Crippen LogP contribution in [0, 0.1) is 11.8 Å². The summed E-state index contributed by atoms with van der Waals surface area (Å²) in [6, 6.07) is 17.4. The average Bonchev–Trinajstić information content (AvgIpc) is 3.67. The van der Waals surface area contributed by atoms with Gasteiger partial charge < -0.3 is 9.47 Å². The molecule has 4 heteroatoms. The first kappa shape index (κ1) is 34.9. The predicted molar refractivity (Wildman–Crippen MR) is 192 cm³/mol. The topological polar surface area (TPSA) is 18.5 Å². The Kier molecular flexibility index (Phi) is 16.0. The van der Waals surface area contributed by atoms with Crippen LogP contribution in [0.1, 0.15) is 104 Å². The van der Waals surface area contributed by atoms with Crippen molar-refractivity contribution in [3.63, 3.8) is 0 Å². The van der Waals surface area contributed by atoms with E-state index in [1.165, 1.54) is 76.4 Å². The molecule has 0 aliphatic carbocycles. The molecule has 1 aromatic carbocycles. The Morgan fingerprint density at radius 3 is 1.91 bits per heavy atom. The van der Waals surface area contributed by atoms with Crippen LogP contribution in [0.5, 0.6) is 5.75 Å². The standard InChI is InChI=1S/C39H54O2S2/c1-7-33(19-18-32(6)40-28-14-10-8-12-16-30(2)3)36-24-26-38(42-36)39-27-25-37(43-39)34-20-22-35(23-21-34)41-29-15-11-9-13-17-31(4)5/h7,18-27,30-31H,1,8-17,28-29H2,2-6H3/b32-18+,33-19+. The maximum absolute atomic E-state index is 5.99. The van der Waals surface area contributed by atoms with Gasteiger partial charge in [0.25, 0.3) is 0 Å². The zero-order valence-electron chi connectivity index (χ0n) is 27.3. The average molecular weight is 619 g/mol. The summed E-state index contributed by atoms with van der Waals surface area (Å²) in [6.45, 7) is 16.9. The molecule has 3 rings (SSSR count). The van der Waals surface area contributed by atoms with Crippen molar-refractivity contribution in [1.82, 2.24) is 0 Å². The molecule has 3 aromatic rings. The molecule has 43 heavy (non-hydrogen) atoms. The molecule has 0 spiro atoms. The van der Waals surface area contributed by atoms with Crippen molar-refractivity contribution in [3.8, 4) is 25.9 Å². The second-order valence-electron chi connectivity index (χ2n) is 12.3. The molecule has 0 unspecified atom stereocenters. The van der Waals surface area contributed by atoms with Gasteiger partial charge in [0, 0.05) is 19.5 Å². The molecule has 0 aliphatic rings. The van der Waals surface area contributed by atoms with E-state index in [0.29, 0.717) is 0 Å². The summed E-state index contributed by atoms with van der Waals surface area (Å²) in [7, 11) is 0. The van der Waals surface area contributed by atoms with Gasteiger partial charge in [-0.3, -0.25) is 0 Å². The SMILES string of the molecule is C=C/C(=C\C=C(/C)OCCCCCCC(C)C)c1ccc(-c2ccc(-c3ccc(OCCCCCCC(C)C)cc3)s2)s1. The smallest absolute Gasteiger partial charge is 0.119 e. The van der Waals surface area contributed by atoms with Crippen molar-refractivity contribution in [1.29, 1.82) is 0 Å². The van der Waals surface area contributed by atoms with Crippen LogP contribution >= 0.6 is 22.7 Å². The van der Waals surface area contributed by atoms with Crippen LogP contribution in [0.3, 0.4) is 0 Å². The van der Waals surface area contributed by atoms with Gasteiger partial charge in [-0.1, -0.05) is 97.8 Å². The Hall–Kier alpha value is -2.56. The second-order valence-corrected chi connectivity index (χ2v) is 14.5. The molecule has 2 heterocycles. The third-order valence-corrected chi connectivity index (χ3v) is 10.0. The Morgan fingerprint density at radius 1 is 0.674 bits per heavy atom. The molecular formula is C39H54O2S2. The number of ether oxygens (including phenoxy) is 2. The lowest BCUT2D eigenvalue weighted by Crippen LogP contribution is -1.97. The van der Waals surface area contributed by atoms with Crippen molar-refractivity contribution in [2.24, 2.45) is 11.8 Å². The van der Waals surface area contributed by atoms with Crippen molar-refractivity contribution in [2.75, 3.05) is 13.2 Å². The Labute approximate surface area is 270 Å². The molecule has 2 aromatic heterocycles. The van der Waals surface area contributed by atoms with Gasteiger partial charge in [-0.05, 0) is 97.3 Å². The first-order valence-corrected chi connectivity index (χ1v) is 18.1. The summed E-state index contributed by atoms with van der Waals surface area (Å²) < 4.78 is 11.9. The number of rotatable bonds is 21. The molecule has 0 radical (unpaired) electrons. The highest BCUT2D eigenvalue weighted by molar-refractivity contribution is 7.24. The third kappa shape index (κ3) is 13.3. The van der Waals surface area contributed by atoms with E-state index in [1.54, 1.807) is 0 Å². The van der Waals surface area contributed by atoms with E-state index in [4.69, 9.17) is 9.47 Å². The van der Waals surface area contributed by atoms with Gasteiger partial charge >= 0.3 is 0 Å². The normalized spacial score (nSPS) is 12.3. The van der Waals surface area contributed by atoms with Crippen LogP contribution in [-0.2, 0) is 4.74 Å². The molecule has 2 nitrogen and oxygen atoms in total. The lowest BCUT2D eigenvalue weighted by Gasteiger charge is -2.07. The van der Waals surface area contributed by atoms with Crippen LogP contribution in [-0.4, -0.2) is 13.2 Å². The highest BCUT2D eigenvalue weighted by atomic mass is 32.1. The number of hydrogen-bond donors (Lipinski definition) is 0. The van der Waals surface area contributed by atoms with Crippen molar-refractivity contribution in [2.45, 2.75) is 98.8 Å². The highest BCUT2D eigenvalue weighted by Gasteiger charge is 2.10. The Morgan fingerprint density at radius 2 is 1.26 bits per heavy atom. The molecular weight excluding hydrogens is 565 g/mol. The summed E-state index contributed by atoms with van der Waals surface area (Å²) >= 11 is 3.65. The maximum Gasteiger partial charge on any atom is 0.119 e. The first-order valence-electron chi connectivity index (χ1n) is 16.4. The quantitative estimate of drug-likeness (QED) is 0.0672. The van der Waals surface area contributed by atoms with Gasteiger partial charge in [0.05, 0.1) is 19.0 Å². The summed E-state index contributed by atoms with van der Waals surface area (Å²) in [6.07, 6.45) is 18.8. The van der Waals surface area contributed by atoms with Gasteiger partial charge in [-0.2, -0.15) is 0 Å². The Bertz CT molecular complexity index is 1260. The molecule has 0 atom stereocenters. The molecule has 0 saturated heterocycles. The minimum absolute atomic E-state index is 0.791. The van der Waals surface area contributed by atoms with Crippen molar-refractivity contribution < 1.29 is 9.47 Å². The number of thiophene rings is 2. The third-order valence-electron chi connectivity index (χ3n) is 7.55. The Balaban J connectivity index is 1.47. The monoisotopic (exact) mass is 618 g/mol. The number of benzene rings is 1. The van der Waals surface area contributed by atoms with Gasteiger partial charge in [0.15, 0.2) is 0 Å². The van der Waals surface area contributed by atoms with Crippen LogP contribution in [0.25, 0.3) is 25.8 Å². The van der Waals surface area contributed by atoms with Gasteiger partial charge in [-0.25, -0.2) is 0 Å². The van der Waals surface area contributed by atoms with Gasteiger partial charge in [0.1, 0.15) is 5.75 Å². The van der Waals surface area contributed by atoms with Crippen molar-refractivity contribution >= 4 is 28.2 Å². The molecule has 0 aliphatic heterocycles. The largest absolute Gasteiger partial charge is 0.498 e.